The third-order valence-corrected chi connectivity index (χ3v) is 4.17. The molecule has 0 unspecified atom stereocenters. The summed E-state index contributed by atoms with van der Waals surface area (Å²) in [6, 6.07) is 8.98. The van der Waals surface area contributed by atoms with Crippen LogP contribution in [-0.2, 0) is 11.4 Å². The molecule has 5 heteroatoms. The zero-order chi connectivity index (χ0) is 17.0. The molecule has 0 saturated carbocycles. The summed E-state index contributed by atoms with van der Waals surface area (Å²) in [7, 11) is 0. The summed E-state index contributed by atoms with van der Waals surface area (Å²) in [5, 5.41) is 1.08. The first-order valence-electron chi connectivity index (χ1n) is 7.30. The van der Waals surface area contributed by atoms with E-state index < -0.39 is 0 Å². The second kappa shape index (κ2) is 7.71. The highest BCUT2D eigenvalue weighted by molar-refractivity contribution is 6.34. The van der Waals surface area contributed by atoms with E-state index in [0.29, 0.717) is 28.0 Å². The molecular formula is C18H18Cl2O3. The lowest BCUT2D eigenvalue weighted by molar-refractivity contribution is -0.134. The maximum Gasteiger partial charge on any atom is 0.310 e. The van der Waals surface area contributed by atoms with Crippen molar-refractivity contribution in [1.82, 2.24) is 0 Å². The lowest BCUT2D eigenvalue weighted by atomic mass is 10.1. The van der Waals surface area contributed by atoms with Gasteiger partial charge in [-0.25, -0.2) is 0 Å². The molecule has 0 heterocycles. The number of hydrogen-bond donors (Lipinski definition) is 0. The third-order valence-electron chi connectivity index (χ3n) is 3.46. The minimum atomic E-state index is -0.284. The van der Waals surface area contributed by atoms with Crippen molar-refractivity contribution in [2.45, 2.75) is 33.8 Å². The van der Waals surface area contributed by atoms with Gasteiger partial charge in [0, 0.05) is 23.1 Å². The van der Waals surface area contributed by atoms with Crippen LogP contribution in [0.2, 0.25) is 10.0 Å². The van der Waals surface area contributed by atoms with Crippen LogP contribution in [0.3, 0.4) is 0 Å². The summed E-state index contributed by atoms with van der Waals surface area (Å²) in [6.45, 7) is 5.80. The monoisotopic (exact) mass is 352 g/mol. The highest BCUT2D eigenvalue weighted by Gasteiger charge is 2.13. The maximum absolute atomic E-state index is 11.6. The quantitative estimate of drug-likeness (QED) is 0.526. The van der Waals surface area contributed by atoms with Crippen LogP contribution in [-0.4, -0.2) is 5.97 Å². The molecule has 0 aliphatic carbocycles. The molecule has 3 nitrogen and oxygen atoms in total. The Hall–Kier alpha value is -1.71. The molecule has 0 N–H and O–H groups in total. The van der Waals surface area contributed by atoms with Crippen molar-refractivity contribution in [2.24, 2.45) is 0 Å². The molecule has 23 heavy (non-hydrogen) atoms. The van der Waals surface area contributed by atoms with Crippen molar-refractivity contribution >= 4 is 29.2 Å². The van der Waals surface area contributed by atoms with Gasteiger partial charge in [-0.05, 0) is 37.1 Å². The van der Waals surface area contributed by atoms with Crippen LogP contribution in [0.15, 0.2) is 30.3 Å². The zero-order valence-corrected chi connectivity index (χ0v) is 14.8. The van der Waals surface area contributed by atoms with Gasteiger partial charge in [0.15, 0.2) is 0 Å². The SMILES string of the molecule is CCC(=O)Oc1cccc(C)c1COc1cc(Cl)c(C)cc1Cl. The van der Waals surface area contributed by atoms with Gasteiger partial charge in [0.2, 0.25) is 0 Å². The average Bonchev–Trinajstić information content (AvgIpc) is 2.51. The molecule has 0 atom stereocenters. The van der Waals surface area contributed by atoms with E-state index in [1.807, 2.05) is 26.0 Å². The predicted octanol–water partition coefficient (Wildman–Crippen LogP) is 5.50. The number of carbonyl (C=O) groups excluding carboxylic acids is 1. The molecule has 2 aromatic carbocycles. The van der Waals surface area contributed by atoms with Crippen LogP contribution in [0.4, 0.5) is 0 Å². The van der Waals surface area contributed by atoms with Crippen molar-refractivity contribution in [1.29, 1.82) is 0 Å². The second-order valence-corrected chi connectivity index (χ2v) is 6.01. The number of benzene rings is 2. The van der Waals surface area contributed by atoms with Gasteiger partial charge in [-0.2, -0.15) is 0 Å². The summed E-state index contributed by atoms with van der Waals surface area (Å²) in [5.41, 5.74) is 2.67. The largest absolute Gasteiger partial charge is 0.487 e. The molecule has 2 rings (SSSR count). The molecule has 0 aliphatic heterocycles. The molecule has 0 amide bonds. The summed E-state index contributed by atoms with van der Waals surface area (Å²) in [5.74, 6) is 0.720. The molecule has 0 saturated heterocycles. The molecule has 0 spiro atoms. The smallest absolute Gasteiger partial charge is 0.310 e. The van der Waals surface area contributed by atoms with Crippen LogP contribution in [0.5, 0.6) is 11.5 Å². The van der Waals surface area contributed by atoms with E-state index in [4.69, 9.17) is 32.7 Å². The molecule has 0 bridgehead atoms. The first-order chi connectivity index (χ1) is 10.9. The van der Waals surface area contributed by atoms with Crippen molar-refractivity contribution in [2.75, 3.05) is 0 Å². The fraction of sp³-hybridized carbons (Fsp3) is 0.278. The molecule has 0 radical (unpaired) electrons. The fourth-order valence-corrected chi connectivity index (χ4v) is 2.47. The Kier molecular flexibility index (Phi) is 5.91. The third kappa shape index (κ3) is 4.40. The maximum atomic E-state index is 11.6. The van der Waals surface area contributed by atoms with Crippen LogP contribution >= 0.6 is 23.2 Å². The van der Waals surface area contributed by atoms with E-state index in [2.05, 4.69) is 0 Å². The lowest BCUT2D eigenvalue weighted by Crippen LogP contribution is -2.09. The van der Waals surface area contributed by atoms with E-state index >= 15 is 0 Å². The minimum absolute atomic E-state index is 0.234. The molecule has 0 aromatic heterocycles. The Balaban J connectivity index is 2.23. The predicted molar refractivity (Wildman–Crippen MR) is 92.6 cm³/mol. The van der Waals surface area contributed by atoms with Crippen molar-refractivity contribution in [3.8, 4) is 11.5 Å². The highest BCUT2D eigenvalue weighted by Crippen LogP contribution is 2.32. The molecule has 2 aromatic rings. The number of esters is 1. The van der Waals surface area contributed by atoms with Gasteiger partial charge in [0.25, 0.3) is 0 Å². The zero-order valence-electron chi connectivity index (χ0n) is 13.3. The fourth-order valence-electron chi connectivity index (χ4n) is 2.04. The van der Waals surface area contributed by atoms with E-state index in [-0.39, 0.29) is 12.6 Å². The van der Waals surface area contributed by atoms with Crippen molar-refractivity contribution < 1.29 is 14.3 Å². The van der Waals surface area contributed by atoms with Gasteiger partial charge >= 0.3 is 5.97 Å². The van der Waals surface area contributed by atoms with Crippen LogP contribution in [0, 0.1) is 13.8 Å². The summed E-state index contributed by atoms with van der Waals surface area (Å²) in [4.78, 5) is 11.6. The highest BCUT2D eigenvalue weighted by atomic mass is 35.5. The molecular weight excluding hydrogens is 335 g/mol. The number of rotatable bonds is 5. The van der Waals surface area contributed by atoms with E-state index in [9.17, 15) is 4.79 Å². The number of ether oxygens (including phenoxy) is 2. The van der Waals surface area contributed by atoms with Gasteiger partial charge in [0.05, 0.1) is 5.02 Å². The minimum Gasteiger partial charge on any atom is -0.487 e. The Morgan fingerprint density at radius 1 is 1.04 bits per heavy atom. The van der Waals surface area contributed by atoms with Crippen molar-refractivity contribution in [3.05, 3.63) is 57.1 Å². The van der Waals surface area contributed by atoms with E-state index in [1.165, 1.54) is 0 Å². The van der Waals surface area contributed by atoms with E-state index in [0.717, 1.165) is 16.7 Å². The average molecular weight is 353 g/mol. The Labute approximate surface area is 146 Å². The summed E-state index contributed by atoms with van der Waals surface area (Å²) in [6.07, 6.45) is 0.313. The number of carbonyl (C=O) groups is 1. The van der Waals surface area contributed by atoms with Crippen LogP contribution < -0.4 is 9.47 Å². The van der Waals surface area contributed by atoms with Gasteiger partial charge < -0.3 is 9.47 Å². The topological polar surface area (TPSA) is 35.5 Å². The summed E-state index contributed by atoms with van der Waals surface area (Å²) < 4.78 is 11.1. The number of aryl methyl sites for hydroxylation is 2. The molecule has 0 aliphatic rings. The van der Waals surface area contributed by atoms with Gasteiger partial charge in [-0.15, -0.1) is 0 Å². The number of halogens is 2. The van der Waals surface area contributed by atoms with Crippen LogP contribution in [0.1, 0.15) is 30.0 Å². The second-order valence-electron chi connectivity index (χ2n) is 5.20. The first-order valence-corrected chi connectivity index (χ1v) is 8.05. The molecule has 0 fully saturated rings. The molecule has 122 valence electrons. The lowest BCUT2D eigenvalue weighted by Gasteiger charge is -2.15. The standard InChI is InChI=1S/C18H18Cl2O3/c1-4-18(21)23-16-7-5-6-11(2)13(16)10-22-17-9-14(19)12(3)8-15(17)20/h5-9H,4,10H2,1-3H3. The Bertz CT molecular complexity index is 726. The van der Waals surface area contributed by atoms with Gasteiger partial charge in [-0.3, -0.25) is 4.79 Å². The Morgan fingerprint density at radius 2 is 1.78 bits per heavy atom. The summed E-state index contributed by atoms with van der Waals surface area (Å²) >= 11 is 12.3. The number of hydrogen-bond acceptors (Lipinski definition) is 3. The van der Waals surface area contributed by atoms with Crippen molar-refractivity contribution in [3.63, 3.8) is 0 Å². The normalized spacial score (nSPS) is 10.5. The first kappa shape index (κ1) is 17.6. The van der Waals surface area contributed by atoms with Gasteiger partial charge in [-0.1, -0.05) is 42.3 Å². The van der Waals surface area contributed by atoms with Crippen LogP contribution in [0.25, 0.3) is 0 Å². The Morgan fingerprint density at radius 3 is 2.48 bits per heavy atom. The van der Waals surface area contributed by atoms with E-state index in [1.54, 1.807) is 25.1 Å². The van der Waals surface area contributed by atoms with Gasteiger partial charge in [0.1, 0.15) is 18.1 Å².